The molecule has 0 saturated heterocycles. The second-order valence-corrected chi connectivity index (χ2v) is 6.21. The Bertz CT molecular complexity index is 760. The van der Waals surface area contributed by atoms with E-state index < -0.39 is 30.0 Å². The van der Waals surface area contributed by atoms with Crippen LogP contribution in [0.2, 0.25) is 0 Å². The molecule has 0 atom stereocenters. The second kappa shape index (κ2) is 8.37. The van der Waals surface area contributed by atoms with Crippen molar-refractivity contribution < 1.29 is 90.5 Å². The largest absolute Gasteiger partial charge is 1.00 e. The Morgan fingerprint density at radius 2 is 0.952 bits per heavy atom. The Hall–Kier alpha value is 0.480. The van der Waals surface area contributed by atoms with E-state index in [9.17, 15) is 25.9 Å². The topological polar surface area (TPSA) is 146 Å². The van der Waals surface area contributed by atoms with Gasteiger partial charge < -0.3 is 14.6 Å². The van der Waals surface area contributed by atoms with Gasteiger partial charge in [-0.25, -0.2) is 16.8 Å². The maximum atomic E-state index is 11.0. The molecule has 7 nitrogen and oxygen atoms in total. The standard InChI is InChI=1S/C10H8O6S2.2Na.H2O/c11-17(12,13)9-5-1-3-7-8(9)4-2-6-10(7)18(14,15)16;;;/h1-6H,(H,11,12,13)(H,14,15,16);;;1H2/q;2*+1;/p-2. The molecule has 0 fully saturated rings. The number of rotatable bonds is 2. The summed E-state index contributed by atoms with van der Waals surface area (Å²) in [6, 6.07) is 7.09. The van der Waals surface area contributed by atoms with Crippen LogP contribution >= 0.6 is 0 Å². The van der Waals surface area contributed by atoms with Gasteiger partial charge in [0.1, 0.15) is 20.2 Å². The van der Waals surface area contributed by atoms with Crippen LogP contribution in [0, 0.1) is 0 Å². The van der Waals surface area contributed by atoms with Gasteiger partial charge in [0.05, 0.1) is 9.79 Å². The van der Waals surface area contributed by atoms with Crippen LogP contribution in [-0.4, -0.2) is 31.4 Å². The van der Waals surface area contributed by atoms with Gasteiger partial charge in [0.15, 0.2) is 0 Å². The van der Waals surface area contributed by atoms with Crippen LogP contribution in [0.3, 0.4) is 0 Å². The molecule has 0 bridgehead atoms. The SMILES string of the molecule is O.O=S(=O)([O-])c1cccc2c(S(=O)(=O)[O-])cccc12.[Na+].[Na+]. The van der Waals surface area contributed by atoms with E-state index in [4.69, 9.17) is 0 Å². The zero-order valence-electron chi connectivity index (χ0n) is 11.2. The minimum Gasteiger partial charge on any atom is -0.744 e. The Morgan fingerprint density at radius 3 is 1.19 bits per heavy atom. The molecular formula is C10H8Na2O7S2. The van der Waals surface area contributed by atoms with Crippen molar-refractivity contribution in [2.45, 2.75) is 9.79 Å². The smallest absolute Gasteiger partial charge is 0.744 e. The first-order chi connectivity index (χ1) is 8.21. The molecule has 2 N–H and O–H groups in total. The molecule has 0 unspecified atom stereocenters. The molecule has 2 aromatic rings. The summed E-state index contributed by atoms with van der Waals surface area (Å²) in [5.41, 5.74) is 0. The molecule has 104 valence electrons. The van der Waals surface area contributed by atoms with E-state index in [2.05, 4.69) is 0 Å². The minimum absolute atomic E-state index is 0. The van der Waals surface area contributed by atoms with Crippen molar-refractivity contribution in [3.63, 3.8) is 0 Å². The van der Waals surface area contributed by atoms with Gasteiger partial charge in [0.2, 0.25) is 0 Å². The van der Waals surface area contributed by atoms with E-state index in [0.29, 0.717) is 0 Å². The molecule has 21 heavy (non-hydrogen) atoms. The summed E-state index contributed by atoms with van der Waals surface area (Å²) in [4.78, 5) is -1.10. The number of hydrogen-bond donors (Lipinski definition) is 0. The number of benzene rings is 2. The van der Waals surface area contributed by atoms with Crippen molar-refractivity contribution in [2.24, 2.45) is 0 Å². The van der Waals surface area contributed by atoms with Gasteiger partial charge in [-0.2, -0.15) is 0 Å². The summed E-state index contributed by atoms with van der Waals surface area (Å²) >= 11 is 0. The molecule has 2 aromatic carbocycles. The normalized spacial score (nSPS) is 11.0. The van der Waals surface area contributed by atoms with Crippen molar-refractivity contribution in [2.75, 3.05) is 0 Å². The molecule has 0 aromatic heterocycles. The fraction of sp³-hybridized carbons (Fsp3) is 0. The zero-order chi connectivity index (χ0) is 13.6. The molecule has 0 aliphatic rings. The van der Waals surface area contributed by atoms with Crippen LogP contribution in [0.5, 0.6) is 0 Å². The van der Waals surface area contributed by atoms with E-state index in [1.165, 1.54) is 24.3 Å². The Labute approximate surface area is 166 Å². The van der Waals surface area contributed by atoms with Gasteiger partial charge in [-0.05, 0) is 12.1 Å². The summed E-state index contributed by atoms with van der Waals surface area (Å²) < 4.78 is 66.1. The Balaban J connectivity index is 0. The van der Waals surface area contributed by atoms with Crippen LogP contribution in [0.4, 0.5) is 0 Å². The van der Waals surface area contributed by atoms with Crippen LogP contribution in [-0.2, 0) is 20.2 Å². The quantitative estimate of drug-likeness (QED) is 0.389. The van der Waals surface area contributed by atoms with Crippen LogP contribution in [0.15, 0.2) is 46.2 Å². The average molecular weight is 350 g/mol. The molecular weight excluding hydrogens is 342 g/mol. The molecule has 0 spiro atoms. The Morgan fingerprint density at radius 1 is 0.667 bits per heavy atom. The van der Waals surface area contributed by atoms with Crippen molar-refractivity contribution in [3.8, 4) is 0 Å². The third-order valence-electron chi connectivity index (χ3n) is 2.38. The summed E-state index contributed by atoms with van der Waals surface area (Å²) in [6.45, 7) is 0. The van der Waals surface area contributed by atoms with Crippen LogP contribution < -0.4 is 59.1 Å². The molecule has 0 heterocycles. The van der Waals surface area contributed by atoms with Crippen LogP contribution in [0.25, 0.3) is 10.8 Å². The van der Waals surface area contributed by atoms with Crippen molar-refractivity contribution in [1.29, 1.82) is 0 Å². The van der Waals surface area contributed by atoms with Crippen molar-refractivity contribution in [1.82, 2.24) is 0 Å². The summed E-state index contributed by atoms with van der Waals surface area (Å²) in [5, 5.41) is -0.158. The molecule has 0 aliphatic heterocycles. The summed E-state index contributed by atoms with van der Waals surface area (Å²) in [6.07, 6.45) is 0. The predicted octanol–water partition coefficient (Wildman–Crippen LogP) is -6.17. The third kappa shape index (κ3) is 5.26. The van der Waals surface area contributed by atoms with Gasteiger partial charge in [-0.15, -0.1) is 0 Å². The molecule has 11 heteroatoms. The monoisotopic (exact) mass is 350 g/mol. The van der Waals surface area contributed by atoms with E-state index in [1.54, 1.807) is 0 Å². The van der Waals surface area contributed by atoms with Crippen molar-refractivity contribution >= 4 is 31.0 Å². The first-order valence-corrected chi connectivity index (χ1v) is 7.46. The Kier molecular flexibility index (Phi) is 9.46. The van der Waals surface area contributed by atoms with Crippen molar-refractivity contribution in [3.05, 3.63) is 36.4 Å². The summed E-state index contributed by atoms with van der Waals surface area (Å²) in [5.74, 6) is 0. The van der Waals surface area contributed by atoms with E-state index in [0.717, 1.165) is 12.1 Å². The number of fused-ring (bicyclic) bond motifs is 1. The van der Waals surface area contributed by atoms with Gasteiger partial charge in [-0.3, -0.25) is 0 Å². The van der Waals surface area contributed by atoms with Gasteiger partial charge >= 0.3 is 59.1 Å². The predicted molar refractivity (Wildman–Crippen MR) is 63.5 cm³/mol. The molecule has 2 rings (SSSR count). The van der Waals surface area contributed by atoms with Gasteiger partial charge in [0, 0.05) is 10.8 Å². The van der Waals surface area contributed by atoms with Gasteiger partial charge in [0.25, 0.3) is 0 Å². The van der Waals surface area contributed by atoms with E-state index in [1.807, 2.05) is 0 Å². The fourth-order valence-electron chi connectivity index (χ4n) is 1.69. The van der Waals surface area contributed by atoms with E-state index >= 15 is 0 Å². The fourth-order valence-corrected chi connectivity index (χ4v) is 3.07. The first kappa shape index (κ1) is 23.7. The van der Waals surface area contributed by atoms with Crippen LogP contribution in [0.1, 0.15) is 0 Å². The molecule has 0 radical (unpaired) electrons. The number of hydrogen-bond acceptors (Lipinski definition) is 6. The summed E-state index contributed by atoms with van der Waals surface area (Å²) in [7, 11) is -9.48. The second-order valence-electron chi connectivity index (χ2n) is 3.52. The molecule has 0 saturated carbocycles. The molecule has 0 aliphatic carbocycles. The zero-order valence-corrected chi connectivity index (χ0v) is 16.9. The molecule has 0 amide bonds. The average Bonchev–Trinajstić information content (AvgIpc) is 2.24. The maximum Gasteiger partial charge on any atom is 1.00 e. The maximum absolute atomic E-state index is 11.0. The third-order valence-corrected chi connectivity index (χ3v) is 4.17. The van der Waals surface area contributed by atoms with E-state index in [-0.39, 0.29) is 75.4 Å². The first-order valence-electron chi connectivity index (χ1n) is 4.65. The van der Waals surface area contributed by atoms with Gasteiger partial charge in [-0.1, -0.05) is 24.3 Å². The minimum atomic E-state index is -4.74.